The van der Waals surface area contributed by atoms with E-state index in [1.807, 2.05) is 12.1 Å². The zero-order valence-corrected chi connectivity index (χ0v) is 14.7. The molecule has 0 radical (unpaired) electrons. The molecule has 7 nitrogen and oxygen atoms in total. The third-order valence-electron chi connectivity index (χ3n) is 3.45. The second kappa shape index (κ2) is 6.87. The van der Waals surface area contributed by atoms with E-state index in [4.69, 9.17) is 9.26 Å². The second-order valence-electron chi connectivity index (χ2n) is 6.71. The number of H-pyrrole nitrogens is 1. The summed E-state index contributed by atoms with van der Waals surface area (Å²) in [4.78, 5) is 27.1. The van der Waals surface area contributed by atoms with Gasteiger partial charge in [0.15, 0.2) is 0 Å². The van der Waals surface area contributed by atoms with E-state index in [-0.39, 0.29) is 11.5 Å². The van der Waals surface area contributed by atoms with Crippen molar-refractivity contribution < 1.29 is 18.8 Å². The number of carbonyl (C=O) groups is 2. The number of aromatic amines is 1. The van der Waals surface area contributed by atoms with Crippen LogP contribution in [0.3, 0.4) is 0 Å². The van der Waals surface area contributed by atoms with Gasteiger partial charge in [0.25, 0.3) is 0 Å². The smallest absolute Gasteiger partial charge is 0.412 e. The van der Waals surface area contributed by atoms with E-state index in [1.165, 1.54) is 12.3 Å². The zero-order valence-electron chi connectivity index (χ0n) is 14.7. The Hall–Kier alpha value is -3.35. The van der Waals surface area contributed by atoms with Crippen LogP contribution in [0.2, 0.25) is 0 Å². The lowest BCUT2D eigenvalue weighted by molar-refractivity contribution is 0.0635. The van der Waals surface area contributed by atoms with Crippen LogP contribution in [0, 0.1) is 0 Å². The fourth-order valence-electron chi connectivity index (χ4n) is 2.32. The number of amides is 1. The molecule has 0 saturated carbocycles. The van der Waals surface area contributed by atoms with Gasteiger partial charge in [0.1, 0.15) is 5.60 Å². The Bertz CT molecular complexity index is 903. The summed E-state index contributed by atoms with van der Waals surface area (Å²) >= 11 is 0. The summed E-state index contributed by atoms with van der Waals surface area (Å²) in [6, 6.07) is 10.5. The number of aromatic nitrogens is 2. The molecule has 0 aliphatic carbocycles. The molecule has 0 fully saturated rings. The van der Waals surface area contributed by atoms with Crippen molar-refractivity contribution in [1.82, 2.24) is 10.1 Å². The van der Waals surface area contributed by atoms with Crippen LogP contribution in [0.1, 0.15) is 36.9 Å². The van der Waals surface area contributed by atoms with Gasteiger partial charge in [0, 0.05) is 29.2 Å². The molecule has 0 bridgehead atoms. The maximum Gasteiger partial charge on any atom is 0.412 e. The highest BCUT2D eigenvalue weighted by Crippen LogP contribution is 2.23. The standard InChI is InChI=1S/C19H19N3O4/c1-19(2,3)25-18(24)22-14-6-4-12(5-7-14)15-10-13(11-20-15)17(23)16-8-9-21-26-16/h4-11,20H,1-3H3,(H,22,24). The van der Waals surface area contributed by atoms with E-state index >= 15 is 0 Å². The number of hydrogen-bond donors (Lipinski definition) is 2. The van der Waals surface area contributed by atoms with Crippen LogP contribution < -0.4 is 5.32 Å². The highest BCUT2D eigenvalue weighted by molar-refractivity contribution is 6.07. The first-order chi connectivity index (χ1) is 12.3. The van der Waals surface area contributed by atoms with Gasteiger partial charge in [0.2, 0.25) is 11.5 Å². The topological polar surface area (TPSA) is 97.2 Å². The van der Waals surface area contributed by atoms with E-state index in [0.29, 0.717) is 11.3 Å². The first-order valence-corrected chi connectivity index (χ1v) is 8.06. The number of ketones is 1. The molecule has 0 spiro atoms. The molecule has 0 aliphatic rings. The molecule has 1 aromatic carbocycles. The van der Waals surface area contributed by atoms with Crippen molar-refractivity contribution in [2.45, 2.75) is 26.4 Å². The van der Waals surface area contributed by atoms with Gasteiger partial charge < -0.3 is 14.2 Å². The fraction of sp³-hybridized carbons (Fsp3) is 0.211. The van der Waals surface area contributed by atoms with Crippen molar-refractivity contribution in [3.05, 3.63) is 60.1 Å². The molecule has 0 aliphatic heterocycles. The predicted octanol–water partition coefficient (Wildman–Crippen LogP) is 4.25. The van der Waals surface area contributed by atoms with Crippen molar-refractivity contribution in [3.8, 4) is 11.3 Å². The largest absolute Gasteiger partial charge is 0.444 e. The van der Waals surface area contributed by atoms with Crippen molar-refractivity contribution in [3.63, 3.8) is 0 Å². The lowest BCUT2D eigenvalue weighted by Crippen LogP contribution is -2.27. The average molecular weight is 353 g/mol. The number of nitrogens with zero attached hydrogens (tertiary/aromatic N) is 1. The van der Waals surface area contributed by atoms with E-state index in [1.54, 1.807) is 45.2 Å². The van der Waals surface area contributed by atoms with Gasteiger partial charge in [-0.2, -0.15) is 0 Å². The van der Waals surface area contributed by atoms with E-state index in [9.17, 15) is 9.59 Å². The first kappa shape index (κ1) is 17.5. The number of benzene rings is 1. The highest BCUT2D eigenvalue weighted by Gasteiger charge is 2.17. The number of ether oxygens (including phenoxy) is 1. The SMILES string of the molecule is CC(C)(C)OC(=O)Nc1ccc(-c2cc(C(=O)c3ccno3)c[nH]2)cc1. The van der Waals surface area contributed by atoms with E-state index < -0.39 is 11.7 Å². The van der Waals surface area contributed by atoms with Crippen LogP contribution in [0.5, 0.6) is 0 Å². The summed E-state index contributed by atoms with van der Waals surface area (Å²) in [5.41, 5.74) is 2.19. The molecule has 3 rings (SSSR count). The summed E-state index contributed by atoms with van der Waals surface area (Å²) in [6.07, 6.45) is 2.54. The zero-order chi connectivity index (χ0) is 18.7. The van der Waals surface area contributed by atoms with Gasteiger partial charge in [-0.15, -0.1) is 0 Å². The molecule has 0 atom stereocenters. The molecule has 134 valence electrons. The van der Waals surface area contributed by atoms with Gasteiger partial charge in [-0.1, -0.05) is 17.3 Å². The van der Waals surface area contributed by atoms with Crippen LogP contribution in [0.4, 0.5) is 10.5 Å². The molecular weight excluding hydrogens is 334 g/mol. The Balaban J connectivity index is 1.69. The number of hydrogen-bond acceptors (Lipinski definition) is 5. The van der Waals surface area contributed by atoms with Crippen molar-refractivity contribution in [2.75, 3.05) is 5.32 Å². The van der Waals surface area contributed by atoms with Crippen molar-refractivity contribution in [2.24, 2.45) is 0 Å². The molecular formula is C19H19N3O4. The molecule has 26 heavy (non-hydrogen) atoms. The lowest BCUT2D eigenvalue weighted by atomic mass is 10.1. The van der Waals surface area contributed by atoms with Crippen LogP contribution in [0.25, 0.3) is 11.3 Å². The molecule has 0 unspecified atom stereocenters. The third kappa shape index (κ3) is 4.18. The van der Waals surface area contributed by atoms with E-state index in [2.05, 4.69) is 15.5 Å². The molecule has 1 amide bonds. The summed E-state index contributed by atoms with van der Waals surface area (Å²) in [5.74, 6) is -0.0549. The van der Waals surface area contributed by atoms with Crippen LogP contribution in [-0.4, -0.2) is 27.6 Å². The summed E-state index contributed by atoms with van der Waals surface area (Å²) in [6.45, 7) is 5.41. The second-order valence-corrected chi connectivity index (χ2v) is 6.71. The van der Waals surface area contributed by atoms with Crippen LogP contribution >= 0.6 is 0 Å². The monoisotopic (exact) mass is 353 g/mol. The minimum atomic E-state index is -0.555. The van der Waals surface area contributed by atoms with Crippen molar-refractivity contribution in [1.29, 1.82) is 0 Å². The molecule has 0 saturated heterocycles. The molecule has 2 heterocycles. The first-order valence-electron chi connectivity index (χ1n) is 8.06. The summed E-state index contributed by atoms with van der Waals surface area (Å²) in [5, 5.41) is 6.21. The molecule has 2 aromatic heterocycles. The Morgan fingerprint density at radius 3 is 2.50 bits per heavy atom. The maximum atomic E-state index is 12.2. The summed E-state index contributed by atoms with van der Waals surface area (Å²) in [7, 11) is 0. The predicted molar refractivity (Wildman–Crippen MR) is 96.0 cm³/mol. The number of anilines is 1. The summed E-state index contributed by atoms with van der Waals surface area (Å²) < 4.78 is 10.1. The molecule has 7 heteroatoms. The van der Waals surface area contributed by atoms with Crippen LogP contribution in [-0.2, 0) is 4.74 Å². The van der Waals surface area contributed by atoms with Gasteiger partial charge in [0.05, 0.1) is 6.20 Å². The van der Waals surface area contributed by atoms with Gasteiger partial charge in [-0.3, -0.25) is 10.1 Å². The third-order valence-corrected chi connectivity index (χ3v) is 3.45. The maximum absolute atomic E-state index is 12.2. The fourth-order valence-corrected chi connectivity index (χ4v) is 2.32. The Kier molecular flexibility index (Phi) is 4.62. The quantitative estimate of drug-likeness (QED) is 0.684. The van der Waals surface area contributed by atoms with Gasteiger partial charge in [-0.05, 0) is 44.5 Å². The lowest BCUT2D eigenvalue weighted by Gasteiger charge is -2.19. The normalized spacial score (nSPS) is 11.2. The highest BCUT2D eigenvalue weighted by atomic mass is 16.6. The minimum absolute atomic E-state index is 0.187. The Labute approximate surface area is 150 Å². The van der Waals surface area contributed by atoms with Gasteiger partial charge in [-0.25, -0.2) is 4.79 Å². The Morgan fingerprint density at radius 1 is 1.15 bits per heavy atom. The van der Waals surface area contributed by atoms with Gasteiger partial charge >= 0.3 is 6.09 Å². The molecule has 2 N–H and O–H groups in total. The Morgan fingerprint density at radius 2 is 1.88 bits per heavy atom. The number of rotatable bonds is 4. The van der Waals surface area contributed by atoms with Crippen LogP contribution in [0.15, 0.2) is 53.3 Å². The van der Waals surface area contributed by atoms with E-state index in [0.717, 1.165) is 11.3 Å². The van der Waals surface area contributed by atoms with Crippen molar-refractivity contribution >= 4 is 17.6 Å². The molecule has 3 aromatic rings. The average Bonchev–Trinajstić information content (AvgIpc) is 3.25. The number of carbonyl (C=O) groups excluding carboxylic acids is 2. The number of nitrogens with one attached hydrogen (secondary N) is 2. The minimum Gasteiger partial charge on any atom is -0.444 e.